The first-order valence-corrected chi connectivity index (χ1v) is 8.90. The molecule has 0 atom stereocenters. The molecule has 27 heavy (non-hydrogen) atoms. The van der Waals surface area contributed by atoms with Crippen molar-refractivity contribution in [2.75, 3.05) is 16.9 Å². The Kier molecular flexibility index (Phi) is 5.99. The predicted octanol–water partition coefficient (Wildman–Crippen LogP) is 3.55. The molecule has 6 nitrogen and oxygen atoms in total. The summed E-state index contributed by atoms with van der Waals surface area (Å²) < 4.78 is 0. The summed E-state index contributed by atoms with van der Waals surface area (Å²) in [5.74, 6) is 0.327. The second kappa shape index (κ2) is 8.80. The SMILES string of the molecule is CCN(Cc1ccccc1)c1ccc(C=NNc2nc(C)cc(=O)[nH]2)cc1. The molecule has 0 aliphatic carbocycles. The van der Waals surface area contributed by atoms with Gasteiger partial charge in [-0.1, -0.05) is 42.5 Å². The lowest BCUT2D eigenvalue weighted by Gasteiger charge is -2.23. The monoisotopic (exact) mass is 361 g/mol. The molecule has 2 N–H and O–H groups in total. The molecule has 0 saturated carbocycles. The van der Waals surface area contributed by atoms with E-state index in [0.29, 0.717) is 11.6 Å². The lowest BCUT2D eigenvalue weighted by atomic mass is 10.1. The lowest BCUT2D eigenvalue weighted by molar-refractivity contribution is 0.832. The molecule has 6 heteroatoms. The molecule has 138 valence electrons. The van der Waals surface area contributed by atoms with Crippen LogP contribution in [0.15, 0.2) is 70.6 Å². The van der Waals surface area contributed by atoms with E-state index in [9.17, 15) is 4.79 Å². The number of aromatic nitrogens is 2. The van der Waals surface area contributed by atoms with Crippen LogP contribution in [0.1, 0.15) is 23.7 Å². The molecule has 1 aromatic heterocycles. The van der Waals surface area contributed by atoms with E-state index in [2.05, 4.69) is 68.7 Å². The molecule has 0 saturated heterocycles. The van der Waals surface area contributed by atoms with Gasteiger partial charge in [0.2, 0.25) is 5.95 Å². The zero-order valence-corrected chi connectivity index (χ0v) is 15.5. The van der Waals surface area contributed by atoms with Gasteiger partial charge >= 0.3 is 0 Å². The van der Waals surface area contributed by atoms with E-state index < -0.39 is 0 Å². The highest BCUT2D eigenvalue weighted by atomic mass is 16.1. The Morgan fingerprint density at radius 3 is 2.56 bits per heavy atom. The summed E-state index contributed by atoms with van der Waals surface area (Å²) in [6.45, 7) is 5.71. The number of rotatable bonds is 7. The number of nitrogens with zero attached hydrogens (tertiary/aromatic N) is 3. The van der Waals surface area contributed by atoms with Crippen LogP contribution in [-0.2, 0) is 6.54 Å². The minimum absolute atomic E-state index is 0.206. The van der Waals surface area contributed by atoms with Gasteiger partial charge in [0.15, 0.2) is 0 Å². The maximum Gasteiger partial charge on any atom is 0.252 e. The van der Waals surface area contributed by atoms with E-state index in [-0.39, 0.29) is 5.56 Å². The quantitative estimate of drug-likeness (QED) is 0.499. The Labute approximate surface area is 158 Å². The number of hydrazone groups is 1. The summed E-state index contributed by atoms with van der Waals surface area (Å²) in [5, 5.41) is 4.14. The van der Waals surface area contributed by atoms with E-state index >= 15 is 0 Å². The van der Waals surface area contributed by atoms with Crippen molar-refractivity contribution in [2.45, 2.75) is 20.4 Å². The first-order valence-electron chi connectivity index (χ1n) is 8.90. The fraction of sp³-hybridized carbons (Fsp3) is 0.190. The third-order valence-electron chi connectivity index (χ3n) is 4.11. The molecule has 0 bridgehead atoms. The number of H-pyrrole nitrogens is 1. The van der Waals surface area contributed by atoms with E-state index in [0.717, 1.165) is 24.3 Å². The number of benzene rings is 2. The molecule has 3 rings (SSSR count). The van der Waals surface area contributed by atoms with E-state index in [1.54, 1.807) is 13.1 Å². The molecule has 0 unspecified atom stereocenters. The second-order valence-electron chi connectivity index (χ2n) is 6.20. The summed E-state index contributed by atoms with van der Waals surface area (Å²) >= 11 is 0. The van der Waals surface area contributed by atoms with Crippen molar-refractivity contribution in [3.63, 3.8) is 0 Å². The van der Waals surface area contributed by atoms with Gasteiger partial charge in [0.1, 0.15) is 0 Å². The average Bonchev–Trinajstić information content (AvgIpc) is 2.67. The van der Waals surface area contributed by atoms with Crippen molar-refractivity contribution >= 4 is 17.9 Å². The minimum Gasteiger partial charge on any atom is -0.367 e. The molecule has 1 heterocycles. The van der Waals surface area contributed by atoms with Gasteiger partial charge < -0.3 is 4.90 Å². The van der Waals surface area contributed by atoms with Gasteiger partial charge in [-0.15, -0.1) is 0 Å². The molecule has 0 spiro atoms. The third-order valence-corrected chi connectivity index (χ3v) is 4.11. The molecule has 0 aliphatic heterocycles. The van der Waals surface area contributed by atoms with Gasteiger partial charge in [0.25, 0.3) is 5.56 Å². The van der Waals surface area contributed by atoms with E-state index in [1.165, 1.54) is 11.6 Å². The van der Waals surface area contributed by atoms with Gasteiger partial charge in [0.05, 0.1) is 6.21 Å². The van der Waals surface area contributed by atoms with Gasteiger partial charge in [-0.05, 0) is 37.1 Å². The highest BCUT2D eigenvalue weighted by Gasteiger charge is 2.05. The van der Waals surface area contributed by atoms with Crippen LogP contribution in [0.3, 0.4) is 0 Å². The third kappa shape index (κ3) is 5.28. The molecular formula is C21H23N5O. The van der Waals surface area contributed by atoms with Crippen LogP contribution < -0.4 is 15.9 Å². The van der Waals surface area contributed by atoms with Gasteiger partial charge in [0, 0.05) is 30.5 Å². The van der Waals surface area contributed by atoms with Crippen molar-refractivity contribution in [2.24, 2.45) is 5.10 Å². The first kappa shape index (κ1) is 18.4. The fourth-order valence-corrected chi connectivity index (χ4v) is 2.76. The second-order valence-corrected chi connectivity index (χ2v) is 6.20. The maximum absolute atomic E-state index is 11.4. The van der Waals surface area contributed by atoms with Crippen molar-refractivity contribution in [3.8, 4) is 0 Å². The van der Waals surface area contributed by atoms with Crippen LogP contribution in [0.2, 0.25) is 0 Å². The van der Waals surface area contributed by atoms with Gasteiger partial charge in [-0.2, -0.15) is 5.10 Å². The largest absolute Gasteiger partial charge is 0.367 e. The van der Waals surface area contributed by atoms with Crippen molar-refractivity contribution < 1.29 is 0 Å². The number of nitrogens with one attached hydrogen (secondary N) is 2. The molecule has 0 radical (unpaired) electrons. The topological polar surface area (TPSA) is 73.4 Å². The maximum atomic E-state index is 11.4. The van der Waals surface area contributed by atoms with Crippen LogP contribution in [0.5, 0.6) is 0 Å². The number of hydrogen-bond donors (Lipinski definition) is 2. The van der Waals surface area contributed by atoms with Crippen LogP contribution in [-0.4, -0.2) is 22.7 Å². The summed E-state index contributed by atoms with van der Waals surface area (Å²) in [7, 11) is 0. The number of anilines is 2. The van der Waals surface area contributed by atoms with Crippen molar-refractivity contribution in [1.82, 2.24) is 9.97 Å². The van der Waals surface area contributed by atoms with Gasteiger partial charge in [-0.25, -0.2) is 10.4 Å². The fourth-order valence-electron chi connectivity index (χ4n) is 2.76. The van der Waals surface area contributed by atoms with Crippen LogP contribution >= 0.6 is 0 Å². The Bertz CT molecular complexity index is 948. The Morgan fingerprint density at radius 2 is 1.89 bits per heavy atom. The normalized spacial score (nSPS) is 10.9. The smallest absolute Gasteiger partial charge is 0.252 e. The molecule has 0 fully saturated rings. The van der Waals surface area contributed by atoms with Crippen molar-refractivity contribution in [1.29, 1.82) is 0 Å². The zero-order chi connectivity index (χ0) is 19.1. The van der Waals surface area contributed by atoms with E-state index in [1.807, 2.05) is 18.2 Å². The Morgan fingerprint density at radius 1 is 1.15 bits per heavy atom. The summed E-state index contributed by atoms with van der Waals surface area (Å²) in [6, 6.07) is 20.1. The number of aryl methyl sites for hydroxylation is 1. The van der Waals surface area contributed by atoms with Crippen LogP contribution in [0.4, 0.5) is 11.6 Å². The summed E-state index contributed by atoms with van der Waals surface area (Å²) in [5.41, 5.74) is 6.58. The van der Waals surface area contributed by atoms with Gasteiger partial charge in [-0.3, -0.25) is 9.78 Å². The Hall–Kier alpha value is -3.41. The lowest BCUT2D eigenvalue weighted by Crippen LogP contribution is -2.21. The van der Waals surface area contributed by atoms with Crippen molar-refractivity contribution in [3.05, 3.63) is 87.8 Å². The molecular weight excluding hydrogens is 338 g/mol. The van der Waals surface area contributed by atoms with Crippen LogP contribution in [0, 0.1) is 6.92 Å². The zero-order valence-electron chi connectivity index (χ0n) is 15.5. The minimum atomic E-state index is -0.206. The Balaban J connectivity index is 1.64. The average molecular weight is 361 g/mol. The molecule has 0 aliphatic rings. The van der Waals surface area contributed by atoms with E-state index in [4.69, 9.17) is 0 Å². The molecule has 2 aromatic carbocycles. The highest BCUT2D eigenvalue weighted by Crippen LogP contribution is 2.17. The summed E-state index contributed by atoms with van der Waals surface area (Å²) in [6.07, 6.45) is 1.69. The van der Waals surface area contributed by atoms with Crippen LogP contribution in [0.25, 0.3) is 0 Å². The summed E-state index contributed by atoms with van der Waals surface area (Å²) in [4.78, 5) is 20.5. The predicted molar refractivity (Wildman–Crippen MR) is 110 cm³/mol. The first-order chi connectivity index (χ1) is 13.1. The molecule has 3 aromatic rings. The highest BCUT2D eigenvalue weighted by molar-refractivity contribution is 5.80. The standard InChI is InChI=1S/C21H23N5O/c1-3-26(15-18-7-5-4-6-8-18)19-11-9-17(10-12-19)14-22-25-21-23-16(2)13-20(27)24-21/h4-14H,3,15H2,1-2H3,(H2,23,24,25,27). The number of aromatic amines is 1. The number of hydrogen-bond acceptors (Lipinski definition) is 5. The molecule has 0 amide bonds.